The van der Waals surface area contributed by atoms with Gasteiger partial charge in [0, 0.05) is 6.42 Å². The molecule has 118 valence electrons. The maximum Gasteiger partial charge on any atom is 0.327 e. The van der Waals surface area contributed by atoms with E-state index in [0.29, 0.717) is 6.42 Å². The van der Waals surface area contributed by atoms with Gasteiger partial charge in [0.15, 0.2) is 0 Å². The average Bonchev–Trinajstić information content (AvgIpc) is 2.44. The zero-order chi connectivity index (χ0) is 15.1. The molecular weight excluding hydrogens is 254 g/mol. The minimum atomic E-state index is -0.641. The Balaban J connectivity index is 3.16. The molecule has 0 rings (SSSR count). The number of nitrogens with two attached hydrogens (primary N) is 1. The molecule has 0 fully saturated rings. The van der Waals surface area contributed by atoms with Gasteiger partial charge in [-0.05, 0) is 6.42 Å². The zero-order valence-corrected chi connectivity index (χ0v) is 13.0. The second kappa shape index (κ2) is 14.5. The van der Waals surface area contributed by atoms with E-state index in [1.54, 1.807) is 0 Å². The fourth-order valence-corrected chi connectivity index (χ4v) is 2.15. The topological polar surface area (TPSA) is 69.4 Å². The summed E-state index contributed by atoms with van der Waals surface area (Å²) in [7, 11) is 0. The molecule has 0 aliphatic carbocycles. The molecule has 0 unspecified atom stereocenters. The van der Waals surface area contributed by atoms with Crippen molar-refractivity contribution in [1.29, 1.82) is 0 Å². The van der Waals surface area contributed by atoms with E-state index in [1.165, 1.54) is 51.4 Å². The number of hydrogen-bond acceptors (Lipinski definition) is 4. The van der Waals surface area contributed by atoms with Gasteiger partial charge in [0.25, 0.3) is 0 Å². The highest BCUT2D eigenvalue weighted by molar-refractivity contribution is 5.86. The van der Waals surface area contributed by atoms with Crippen molar-refractivity contribution in [2.75, 3.05) is 6.54 Å². The highest BCUT2D eigenvalue weighted by atomic mass is 16.6. The second-order valence-electron chi connectivity index (χ2n) is 5.34. The summed E-state index contributed by atoms with van der Waals surface area (Å²) in [5.74, 6) is -1.09. The molecule has 20 heavy (non-hydrogen) atoms. The molecule has 0 saturated heterocycles. The van der Waals surface area contributed by atoms with E-state index in [9.17, 15) is 9.59 Å². The van der Waals surface area contributed by atoms with E-state index < -0.39 is 11.9 Å². The van der Waals surface area contributed by atoms with Gasteiger partial charge in [0.1, 0.15) is 0 Å². The van der Waals surface area contributed by atoms with Crippen LogP contribution in [-0.2, 0) is 14.3 Å². The summed E-state index contributed by atoms with van der Waals surface area (Å²) in [4.78, 5) is 21.9. The first-order valence-electron chi connectivity index (χ1n) is 8.14. The van der Waals surface area contributed by atoms with Crippen LogP contribution in [0.3, 0.4) is 0 Å². The fraction of sp³-hybridized carbons (Fsp3) is 0.875. The lowest BCUT2D eigenvalue weighted by molar-refractivity contribution is -0.158. The Morgan fingerprint density at radius 2 is 1.20 bits per heavy atom. The highest BCUT2D eigenvalue weighted by Crippen LogP contribution is 2.12. The van der Waals surface area contributed by atoms with Gasteiger partial charge in [-0.3, -0.25) is 9.59 Å². The SMILES string of the molecule is CCCCCCCCCCCCCC(=O)OC(=O)CN. The molecule has 0 spiro atoms. The highest BCUT2D eigenvalue weighted by Gasteiger charge is 2.07. The summed E-state index contributed by atoms with van der Waals surface area (Å²) in [6.07, 6.45) is 13.9. The largest absolute Gasteiger partial charge is 0.392 e. The van der Waals surface area contributed by atoms with Crippen molar-refractivity contribution in [1.82, 2.24) is 0 Å². The Morgan fingerprint density at radius 1 is 0.750 bits per heavy atom. The molecule has 0 aliphatic rings. The van der Waals surface area contributed by atoms with Crippen molar-refractivity contribution in [2.24, 2.45) is 5.73 Å². The lowest BCUT2D eigenvalue weighted by Crippen LogP contribution is -2.20. The monoisotopic (exact) mass is 285 g/mol. The molecule has 0 aromatic rings. The van der Waals surface area contributed by atoms with Gasteiger partial charge < -0.3 is 10.5 Å². The molecule has 4 heteroatoms. The Kier molecular flexibility index (Phi) is 13.9. The van der Waals surface area contributed by atoms with Crippen LogP contribution in [0.2, 0.25) is 0 Å². The normalized spacial score (nSPS) is 10.5. The van der Waals surface area contributed by atoms with Crippen LogP contribution in [0.4, 0.5) is 0 Å². The minimum absolute atomic E-state index is 0.232. The lowest BCUT2D eigenvalue weighted by atomic mass is 10.1. The van der Waals surface area contributed by atoms with E-state index >= 15 is 0 Å². The number of ether oxygens (including phenoxy) is 1. The smallest absolute Gasteiger partial charge is 0.327 e. The van der Waals surface area contributed by atoms with Gasteiger partial charge in [-0.2, -0.15) is 0 Å². The third kappa shape index (κ3) is 13.5. The molecule has 0 atom stereocenters. The second-order valence-corrected chi connectivity index (χ2v) is 5.34. The van der Waals surface area contributed by atoms with Crippen LogP contribution in [-0.4, -0.2) is 18.5 Å². The van der Waals surface area contributed by atoms with Crippen molar-refractivity contribution in [2.45, 2.75) is 84.0 Å². The van der Waals surface area contributed by atoms with E-state index in [0.717, 1.165) is 19.3 Å². The van der Waals surface area contributed by atoms with Crippen molar-refractivity contribution >= 4 is 11.9 Å². The minimum Gasteiger partial charge on any atom is -0.392 e. The molecule has 0 saturated carbocycles. The molecule has 0 radical (unpaired) electrons. The third-order valence-electron chi connectivity index (χ3n) is 3.38. The Labute approximate surface area is 123 Å². The molecule has 4 nitrogen and oxygen atoms in total. The summed E-state index contributed by atoms with van der Waals surface area (Å²) in [5.41, 5.74) is 5.05. The first-order valence-corrected chi connectivity index (χ1v) is 8.14. The molecule has 0 aromatic heterocycles. The van der Waals surface area contributed by atoms with Gasteiger partial charge in [-0.1, -0.05) is 71.1 Å². The van der Waals surface area contributed by atoms with Crippen LogP contribution in [0.25, 0.3) is 0 Å². The molecule has 2 N–H and O–H groups in total. The van der Waals surface area contributed by atoms with Crippen molar-refractivity contribution in [3.8, 4) is 0 Å². The maximum absolute atomic E-state index is 11.2. The van der Waals surface area contributed by atoms with Crippen LogP contribution in [0.15, 0.2) is 0 Å². The van der Waals surface area contributed by atoms with Crippen molar-refractivity contribution < 1.29 is 14.3 Å². The third-order valence-corrected chi connectivity index (χ3v) is 3.38. The number of rotatable bonds is 13. The molecule has 0 amide bonds. The first-order chi connectivity index (χ1) is 9.70. The lowest BCUT2D eigenvalue weighted by Gasteiger charge is -2.03. The van der Waals surface area contributed by atoms with Crippen molar-refractivity contribution in [3.05, 3.63) is 0 Å². The number of carbonyl (C=O) groups excluding carboxylic acids is 2. The first kappa shape index (κ1) is 19.1. The van der Waals surface area contributed by atoms with Crippen LogP contribution in [0.1, 0.15) is 84.0 Å². The maximum atomic E-state index is 11.2. The van der Waals surface area contributed by atoms with Gasteiger partial charge in [0.05, 0.1) is 6.54 Å². The van der Waals surface area contributed by atoms with Gasteiger partial charge >= 0.3 is 11.9 Å². The van der Waals surface area contributed by atoms with E-state index in [2.05, 4.69) is 11.7 Å². The van der Waals surface area contributed by atoms with E-state index in [1.807, 2.05) is 0 Å². The predicted molar refractivity (Wildman–Crippen MR) is 81.2 cm³/mol. The summed E-state index contributed by atoms with van der Waals surface area (Å²) in [6, 6.07) is 0. The average molecular weight is 285 g/mol. The summed E-state index contributed by atoms with van der Waals surface area (Å²) in [5, 5.41) is 0. The van der Waals surface area contributed by atoms with Gasteiger partial charge in [-0.25, -0.2) is 0 Å². The molecule has 0 aromatic carbocycles. The fourth-order valence-electron chi connectivity index (χ4n) is 2.15. The summed E-state index contributed by atoms with van der Waals surface area (Å²) >= 11 is 0. The Morgan fingerprint density at radius 3 is 1.65 bits per heavy atom. The van der Waals surface area contributed by atoms with Crippen LogP contribution in [0, 0.1) is 0 Å². The number of carbonyl (C=O) groups is 2. The molecular formula is C16H31NO3. The molecule has 0 bridgehead atoms. The summed E-state index contributed by atoms with van der Waals surface area (Å²) in [6.45, 7) is 2.01. The number of esters is 2. The molecule has 0 heterocycles. The quantitative estimate of drug-likeness (QED) is 0.318. The van der Waals surface area contributed by atoms with Crippen molar-refractivity contribution in [3.63, 3.8) is 0 Å². The number of unbranched alkanes of at least 4 members (excludes halogenated alkanes) is 10. The van der Waals surface area contributed by atoms with Crippen LogP contribution >= 0.6 is 0 Å². The standard InChI is InChI=1S/C16H31NO3/c1-2-3-4-5-6-7-8-9-10-11-12-13-15(18)20-16(19)14-17/h2-14,17H2,1H3. The van der Waals surface area contributed by atoms with E-state index in [4.69, 9.17) is 5.73 Å². The Hall–Kier alpha value is -0.900. The predicted octanol–water partition coefficient (Wildman–Crippen LogP) is 3.72. The number of hydrogen-bond donors (Lipinski definition) is 1. The Bertz CT molecular complexity index is 254. The summed E-state index contributed by atoms with van der Waals surface area (Å²) < 4.78 is 4.49. The van der Waals surface area contributed by atoms with Crippen LogP contribution < -0.4 is 5.73 Å². The van der Waals surface area contributed by atoms with E-state index in [-0.39, 0.29) is 6.54 Å². The zero-order valence-electron chi connectivity index (χ0n) is 13.0. The van der Waals surface area contributed by atoms with Crippen LogP contribution in [0.5, 0.6) is 0 Å². The molecule has 0 aliphatic heterocycles. The van der Waals surface area contributed by atoms with Gasteiger partial charge in [-0.15, -0.1) is 0 Å². The van der Waals surface area contributed by atoms with Gasteiger partial charge in [0.2, 0.25) is 0 Å².